The van der Waals surface area contributed by atoms with Gasteiger partial charge in [0.1, 0.15) is 12.4 Å². The first kappa shape index (κ1) is 15.7. The molecule has 0 N–H and O–H groups in total. The number of para-hydroxylation sites is 1. The van der Waals surface area contributed by atoms with Crippen molar-refractivity contribution >= 4 is 11.6 Å². The van der Waals surface area contributed by atoms with Gasteiger partial charge < -0.3 is 14.5 Å². The van der Waals surface area contributed by atoms with E-state index in [4.69, 9.17) is 9.57 Å². The van der Waals surface area contributed by atoms with E-state index < -0.39 is 6.10 Å². The average molecular weight is 336 g/mol. The summed E-state index contributed by atoms with van der Waals surface area (Å²) in [5.74, 6) is 0.832. The van der Waals surface area contributed by atoms with Crippen LogP contribution in [0.25, 0.3) is 0 Å². The molecule has 1 amide bonds. The molecule has 0 spiro atoms. The lowest BCUT2D eigenvalue weighted by Crippen LogP contribution is -2.40. The molecule has 0 aromatic heterocycles. The molecule has 0 bridgehead atoms. The van der Waals surface area contributed by atoms with Crippen LogP contribution in [0.2, 0.25) is 0 Å². The molecule has 0 radical (unpaired) electrons. The number of rotatable bonds is 3. The Morgan fingerprint density at radius 2 is 1.92 bits per heavy atom. The number of hydrogen-bond donors (Lipinski definition) is 0. The van der Waals surface area contributed by atoms with Gasteiger partial charge in [-0.3, -0.25) is 4.79 Å². The van der Waals surface area contributed by atoms with Crippen LogP contribution >= 0.6 is 0 Å². The highest BCUT2D eigenvalue weighted by atomic mass is 16.6. The molecule has 1 atom stereocenters. The molecule has 5 nitrogen and oxygen atoms in total. The molecular formula is C20H20N2O3. The van der Waals surface area contributed by atoms with Gasteiger partial charge >= 0.3 is 0 Å². The van der Waals surface area contributed by atoms with E-state index in [1.807, 2.05) is 42.5 Å². The number of nitrogens with zero attached hydrogens (tertiary/aromatic N) is 2. The van der Waals surface area contributed by atoms with Crippen LogP contribution in [-0.2, 0) is 22.6 Å². The highest BCUT2D eigenvalue weighted by Crippen LogP contribution is 2.24. The first-order valence-electron chi connectivity index (χ1n) is 8.54. The number of amides is 1. The zero-order valence-corrected chi connectivity index (χ0v) is 13.9. The van der Waals surface area contributed by atoms with E-state index in [-0.39, 0.29) is 5.91 Å². The minimum Gasteiger partial charge on any atom is -0.491 e. The van der Waals surface area contributed by atoms with Crippen LogP contribution in [0, 0.1) is 0 Å². The van der Waals surface area contributed by atoms with Crippen LogP contribution in [0.3, 0.4) is 0 Å². The van der Waals surface area contributed by atoms with Crippen LogP contribution in [-0.4, -0.2) is 35.8 Å². The van der Waals surface area contributed by atoms with E-state index in [1.165, 1.54) is 5.56 Å². The van der Waals surface area contributed by atoms with Gasteiger partial charge in [0.25, 0.3) is 5.91 Å². The topological polar surface area (TPSA) is 51.1 Å². The lowest BCUT2D eigenvalue weighted by Gasteiger charge is -2.22. The third kappa shape index (κ3) is 3.50. The van der Waals surface area contributed by atoms with Crippen LogP contribution in [0.4, 0.5) is 0 Å². The predicted octanol–water partition coefficient (Wildman–Crippen LogP) is 2.80. The predicted molar refractivity (Wildman–Crippen MR) is 94.4 cm³/mol. The van der Waals surface area contributed by atoms with Crippen LogP contribution < -0.4 is 4.74 Å². The fourth-order valence-electron chi connectivity index (χ4n) is 3.21. The molecule has 2 heterocycles. The number of oxime groups is 1. The highest BCUT2D eigenvalue weighted by Gasteiger charge is 2.32. The third-order valence-electron chi connectivity index (χ3n) is 4.52. The second-order valence-corrected chi connectivity index (χ2v) is 6.33. The first-order chi connectivity index (χ1) is 12.3. The molecule has 2 aliphatic rings. The number of fused-ring (bicyclic) bond motifs is 1. The van der Waals surface area contributed by atoms with Crippen molar-refractivity contribution in [2.45, 2.75) is 25.5 Å². The number of hydrogen-bond acceptors (Lipinski definition) is 4. The summed E-state index contributed by atoms with van der Waals surface area (Å²) in [7, 11) is 0. The van der Waals surface area contributed by atoms with Crippen LogP contribution in [0.1, 0.15) is 17.5 Å². The molecule has 128 valence electrons. The summed E-state index contributed by atoms with van der Waals surface area (Å²) in [6, 6.07) is 17.9. The van der Waals surface area contributed by atoms with Crippen LogP contribution in [0.15, 0.2) is 59.8 Å². The van der Waals surface area contributed by atoms with Crippen molar-refractivity contribution < 1.29 is 14.4 Å². The van der Waals surface area contributed by atoms with Crippen molar-refractivity contribution in [2.75, 3.05) is 13.2 Å². The molecule has 4 rings (SSSR count). The quantitative estimate of drug-likeness (QED) is 0.866. The minimum atomic E-state index is -0.524. The number of carbonyl (C=O) groups excluding carboxylic acids is 1. The summed E-state index contributed by atoms with van der Waals surface area (Å²) < 4.78 is 5.73. The molecular weight excluding hydrogens is 316 g/mol. The number of carbonyl (C=O) groups is 1. The summed E-state index contributed by atoms with van der Waals surface area (Å²) >= 11 is 0. The summed E-state index contributed by atoms with van der Waals surface area (Å²) in [6.07, 6.45) is 0.743. The Morgan fingerprint density at radius 1 is 1.12 bits per heavy atom. The number of ether oxygens (including phenoxy) is 1. The summed E-state index contributed by atoms with van der Waals surface area (Å²) in [5.41, 5.74) is 3.11. The van der Waals surface area contributed by atoms with Gasteiger partial charge in [0.05, 0.1) is 12.3 Å². The maximum Gasteiger partial charge on any atom is 0.267 e. The Bertz CT molecular complexity index is 789. The van der Waals surface area contributed by atoms with Crippen molar-refractivity contribution in [3.8, 4) is 5.75 Å². The second kappa shape index (κ2) is 6.97. The number of benzene rings is 2. The SMILES string of the molecule is O=C([C@@H]1CC(Cc2ccccc2)=NO1)N1CCOc2ccccc2C1. The van der Waals surface area contributed by atoms with Gasteiger partial charge in [-0.1, -0.05) is 53.7 Å². The summed E-state index contributed by atoms with van der Waals surface area (Å²) in [6.45, 7) is 1.59. The lowest BCUT2D eigenvalue weighted by molar-refractivity contribution is -0.142. The Kier molecular flexibility index (Phi) is 4.37. The lowest BCUT2D eigenvalue weighted by atomic mass is 10.0. The summed E-state index contributed by atoms with van der Waals surface area (Å²) in [5, 5.41) is 4.13. The van der Waals surface area contributed by atoms with Gasteiger partial charge in [0.15, 0.2) is 0 Å². The second-order valence-electron chi connectivity index (χ2n) is 6.33. The zero-order valence-electron chi connectivity index (χ0n) is 13.9. The Labute approximate surface area is 146 Å². The fraction of sp³-hybridized carbons (Fsp3) is 0.300. The average Bonchev–Trinajstić information content (AvgIpc) is 2.99. The normalized spacial score (nSPS) is 19.3. The van der Waals surface area contributed by atoms with E-state index in [0.29, 0.717) is 26.1 Å². The van der Waals surface area contributed by atoms with E-state index in [1.54, 1.807) is 4.90 Å². The van der Waals surface area contributed by atoms with Crippen molar-refractivity contribution in [1.29, 1.82) is 0 Å². The first-order valence-corrected chi connectivity index (χ1v) is 8.54. The minimum absolute atomic E-state index is 0.0212. The Hall–Kier alpha value is -2.82. The molecule has 0 saturated heterocycles. The molecule has 2 aliphatic heterocycles. The van der Waals surface area contributed by atoms with Crippen molar-refractivity contribution in [3.05, 3.63) is 65.7 Å². The fourth-order valence-corrected chi connectivity index (χ4v) is 3.21. The standard InChI is InChI=1S/C20H20N2O3/c23-20(22-10-11-24-18-9-5-4-8-16(18)14-22)19-13-17(21-25-19)12-15-6-2-1-3-7-15/h1-9,19H,10-14H2/t19-/m0/s1. The van der Waals surface area contributed by atoms with E-state index in [2.05, 4.69) is 17.3 Å². The molecule has 2 aromatic rings. The van der Waals surface area contributed by atoms with Crippen LogP contribution in [0.5, 0.6) is 5.75 Å². The van der Waals surface area contributed by atoms with Gasteiger partial charge in [0.2, 0.25) is 6.10 Å². The highest BCUT2D eigenvalue weighted by molar-refractivity contribution is 5.94. The Balaban J connectivity index is 1.39. The maximum atomic E-state index is 12.8. The summed E-state index contributed by atoms with van der Waals surface area (Å²) in [4.78, 5) is 20.1. The Morgan fingerprint density at radius 3 is 2.80 bits per heavy atom. The van der Waals surface area contributed by atoms with Crippen molar-refractivity contribution in [2.24, 2.45) is 5.16 Å². The molecule has 2 aromatic carbocycles. The molecule has 0 saturated carbocycles. The van der Waals surface area contributed by atoms with Crippen molar-refractivity contribution in [3.63, 3.8) is 0 Å². The molecule has 0 fully saturated rings. The van der Waals surface area contributed by atoms with Gasteiger partial charge in [-0.25, -0.2) is 0 Å². The zero-order chi connectivity index (χ0) is 17.1. The smallest absolute Gasteiger partial charge is 0.267 e. The molecule has 25 heavy (non-hydrogen) atoms. The van der Waals surface area contributed by atoms with Gasteiger partial charge in [-0.15, -0.1) is 0 Å². The largest absolute Gasteiger partial charge is 0.491 e. The molecule has 0 unspecified atom stereocenters. The van der Waals surface area contributed by atoms with E-state index in [9.17, 15) is 4.79 Å². The maximum absolute atomic E-state index is 12.8. The van der Waals surface area contributed by atoms with Gasteiger partial charge in [-0.05, 0) is 11.6 Å². The molecule has 5 heteroatoms. The monoisotopic (exact) mass is 336 g/mol. The van der Waals surface area contributed by atoms with Crippen molar-refractivity contribution in [1.82, 2.24) is 4.90 Å². The molecule has 0 aliphatic carbocycles. The van der Waals surface area contributed by atoms with Gasteiger partial charge in [-0.2, -0.15) is 0 Å². The van der Waals surface area contributed by atoms with E-state index in [0.717, 1.165) is 23.4 Å². The third-order valence-corrected chi connectivity index (χ3v) is 4.52. The van der Waals surface area contributed by atoms with E-state index >= 15 is 0 Å². The van der Waals surface area contributed by atoms with Gasteiger partial charge in [0, 0.05) is 24.9 Å².